The van der Waals surface area contributed by atoms with Crippen molar-refractivity contribution in [3.05, 3.63) is 30.1 Å². The van der Waals surface area contributed by atoms with Gasteiger partial charge in [-0.3, -0.25) is 14.7 Å². The Morgan fingerprint density at radius 2 is 2.33 bits per heavy atom. The molecule has 5 nitrogen and oxygen atoms in total. The number of nitrogens with two attached hydrogens (primary N) is 1. The molecule has 2 rings (SSSR count). The highest BCUT2D eigenvalue weighted by Gasteiger charge is 2.39. The van der Waals surface area contributed by atoms with Gasteiger partial charge in [-0.25, -0.2) is 0 Å². The number of aromatic nitrogens is 1. The average molecular weight is 291 g/mol. The van der Waals surface area contributed by atoms with E-state index >= 15 is 0 Å². The van der Waals surface area contributed by atoms with Crippen molar-refractivity contribution in [2.24, 2.45) is 11.1 Å². The summed E-state index contributed by atoms with van der Waals surface area (Å²) in [7, 11) is 0. The van der Waals surface area contributed by atoms with Gasteiger partial charge in [-0.05, 0) is 50.8 Å². The van der Waals surface area contributed by atoms with Gasteiger partial charge in [0.05, 0.1) is 12.0 Å². The quantitative estimate of drug-likeness (QED) is 0.784. The lowest BCUT2D eigenvalue weighted by Crippen LogP contribution is -2.51. The summed E-state index contributed by atoms with van der Waals surface area (Å²) in [6.07, 6.45) is 6.19. The van der Waals surface area contributed by atoms with Gasteiger partial charge in [-0.1, -0.05) is 6.07 Å². The van der Waals surface area contributed by atoms with E-state index in [-0.39, 0.29) is 12.5 Å². The largest absolute Gasteiger partial charge is 0.395 e. The SMILES string of the molecule is NC(=O)C1(CCCc2ccccn2)CCCN(CCO)C1. The molecule has 21 heavy (non-hydrogen) atoms. The number of primary amides is 1. The second-order valence-electron chi connectivity index (χ2n) is 5.92. The molecule has 0 spiro atoms. The normalized spacial score (nSPS) is 23.1. The number of piperidine rings is 1. The number of rotatable bonds is 7. The van der Waals surface area contributed by atoms with E-state index in [1.807, 2.05) is 18.2 Å². The number of nitrogens with zero attached hydrogens (tertiary/aromatic N) is 2. The minimum atomic E-state index is -0.442. The van der Waals surface area contributed by atoms with E-state index in [2.05, 4.69) is 9.88 Å². The molecule has 0 aliphatic carbocycles. The van der Waals surface area contributed by atoms with Crippen molar-refractivity contribution in [1.82, 2.24) is 9.88 Å². The first-order chi connectivity index (χ1) is 10.2. The lowest BCUT2D eigenvalue weighted by molar-refractivity contribution is -0.131. The third-order valence-electron chi connectivity index (χ3n) is 4.41. The molecule has 0 aromatic carbocycles. The highest BCUT2D eigenvalue weighted by Crippen LogP contribution is 2.34. The van der Waals surface area contributed by atoms with Gasteiger partial charge in [-0.15, -0.1) is 0 Å². The fourth-order valence-corrected chi connectivity index (χ4v) is 3.24. The molecule has 1 aromatic heterocycles. The molecule has 1 amide bonds. The first kappa shape index (κ1) is 15.9. The third-order valence-corrected chi connectivity index (χ3v) is 4.41. The first-order valence-electron chi connectivity index (χ1n) is 7.69. The smallest absolute Gasteiger partial charge is 0.224 e. The topological polar surface area (TPSA) is 79.5 Å². The Labute approximate surface area is 126 Å². The molecule has 1 aromatic rings. The van der Waals surface area contributed by atoms with Gasteiger partial charge in [0, 0.05) is 25.0 Å². The molecule has 2 heterocycles. The number of aliphatic hydroxyl groups excluding tert-OH is 1. The maximum Gasteiger partial charge on any atom is 0.224 e. The number of carbonyl (C=O) groups is 1. The maximum atomic E-state index is 12.0. The summed E-state index contributed by atoms with van der Waals surface area (Å²) in [4.78, 5) is 18.4. The summed E-state index contributed by atoms with van der Waals surface area (Å²) < 4.78 is 0. The molecule has 0 radical (unpaired) electrons. The number of β-amino-alcohol motifs (C(OH)–C–C–N with tert-alkyl or cyclic N) is 1. The van der Waals surface area contributed by atoms with Crippen molar-refractivity contribution in [3.63, 3.8) is 0 Å². The van der Waals surface area contributed by atoms with Gasteiger partial charge in [0.2, 0.25) is 5.91 Å². The zero-order valence-electron chi connectivity index (χ0n) is 12.5. The van der Waals surface area contributed by atoms with Crippen molar-refractivity contribution >= 4 is 5.91 Å². The number of aryl methyl sites for hydroxylation is 1. The van der Waals surface area contributed by atoms with Crippen LogP contribution in [0, 0.1) is 5.41 Å². The second-order valence-corrected chi connectivity index (χ2v) is 5.92. The number of aliphatic hydroxyl groups is 1. The van der Waals surface area contributed by atoms with E-state index in [0.717, 1.165) is 44.3 Å². The average Bonchev–Trinajstić information content (AvgIpc) is 2.49. The van der Waals surface area contributed by atoms with Crippen LogP contribution < -0.4 is 5.73 Å². The summed E-state index contributed by atoms with van der Waals surface area (Å²) in [5, 5.41) is 9.09. The van der Waals surface area contributed by atoms with E-state index in [4.69, 9.17) is 10.8 Å². The Hall–Kier alpha value is -1.46. The zero-order valence-corrected chi connectivity index (χ0v) is 12.5. The Morgan fingerprint density at radius 3 is 3.00 bits per heavy atom. The molecule has 1 fully saturated rings. The highest BCUT2D eigenvalue weighted by atomic mass is 16.3. The number of hydrogen-bond donors (Lipinski definition) is 2. The molecule has 3 N–H and O–H groups in total. The third kappa shape index (κ3) is 4.25. The van der Waals surface area contributed by atoms with Gasteiger partial charge in [-0.2, -0.15) is 0 Å². The van der Waals surface area contributed by atoms with Crippen LogP contribution in [0.15, 0.2) is 24.4 Å². The minimum Gasteiger partial charge on any atom is -0.395 e. The fraction of sp³-hybridized carbons (Fsp3) is 0.625. The summed E-state index contributed by atoms with van der Waals surface area (Å²) in [6, 6.07) is 5.90. The molecule has 1 saturated heterocycles. The van der Waals surface area contributed by atoms with Gasteiger partial charge < -0.3 is 10.8 Å². The van der Waals surface area contributed by atoms with Crippen molar-refractivity contribution < 1.29 is 9.90 Å². The van der Waals surface area contributed by atoms with Crippen LogP contribution >= 0.6 is 0 Å². The number of hydrogen-bond acceptors (Lipinski definition) is 4. The minimum absolute atomic E-state index is 0.128. The van der Waals surface area contributed by atoms with Crippen LogP contribution in [0.4, 0.5) is 0 Å². The molecular weight excluding hydrogens is 266 g/mol. The van der Waals surface area contributed by atoms with E-state index < -0.39 is 5.41 Å². The van der Waals surface area contributed by atoms with Gasteiger partial charge in [0.15, 0.2) is 0 Å². The maximum absolute atomic E-state index is 12.0. The molecule has 116 valence electrons. The Kier molecular flexibility index (Phi) is 5.70. The molecule has 1 unspecified atom stereocenters. The van der Waals surface area contributed by atoms with Crippen LogP contribution in [-0.2, 0) is 11.2 Å². The predicted octanol–water partition coefficient (Wildman–Crippen LogP) is 0.964. The van der Waals surface area contributed by atoms with Crippen molar-refractivity contribution in [2.75, 3.05) is 26.2 Å². The summed E-state index contributed by atoms with van der Waals surface area (Å²) in [5.74, 6) is -0.203. The lowest BCUT2D eigenvalue weighted by atomic mass is 9.75. The Bertz CT molecular complexity index is 450. The number of likely N-dealkylation sites (tertiary alicyclic amines) is 1. The summed E-state index contributed by atoms with van der Waals surface area (Å²) in [5.41, 5.74) is 6.31. The highest BCUT2D eigenvalue weighted by molar-refractivity contribution is 5.81. The zero-order chi connectivity index (χ0) is 15.1. The molecule has 1 aliphatic rings. The van der Waals surface area contributed by atoms with E-state index in [1.54, 1.807) is 6.20 Å². The first-order valence-corrected chi connectivity index (χ1v) is 7.69. The van der Waals surface area contributed by atoms with Crippen molar-refractivity contribution in [1.29, 1.82) is 0 Å². The van der Waals surface area contributed by atoms with Crippen LogP contribution in [0.2, 0.25) is 0 Å². The van der Waals surface area contributed by atoms with E-state index in [1.165, 1.54) is 0 Å². The molecule has 0 saturated carbocycles. The van der Waals surface area contributed by atoms with Crippen molar-refractivity contribution in [2.45, 2.75) is 32.1 Å². The van der Waals surface area contributed by atoms with Crippen LogP contribution in [0.1, 0.15) is 31.4 Å². The van der Waals surface area contributed by atoms with Crippen LogP contribution in [0.5, 0.6) is 0 Å². The Morgan fingerprint density at radius 1 is 1.48 bits per heavy atom. The van der Waals surface area contributed by atoms with Gasteiger partial charge in [0.1, 0.15) is 0 Å². The van der Waals surface area contributed by atoms with Gasteiger partial charge in [0.25, 0.3) is 0 Å². The molecule has 5 heteroatoms. The fourth-order valence-electron chi connectivity index (χ4n) is 3.24. The summed E-state index contributed by atoms with van der Waals surface area (Å²) in [6.45, 7) is 2.36. The van der Waals surface area contributed by atoms with Crippen LogP contribution in [0.3, 0.4) is 0 Å². The standard InChI is InChI=1S/C16H25N3O2/c17-15(21)16(8-4-10-19(13-16)11-12-20)7-3-6-14-5-1-2-9-18-14/h1-2,5,9,20H,3-4,6-8,10-13H2,(H2,17,21). The number of carbonyl (C=O) groups excluding carboxylic acids is 1. The predicted molar refractivity (Wildman–Crippen MR) is 81.6 cm³/mol. The van der Waals surface area contributed by atoms with Crippen LogP contribution in [0.25, 0.3) is 0 Å². The van der Waals surface area contributed by atoms with E-state index in [9.17, 15) is 4.79 Å². The molecule has 0 bridgehead atoms. The monoisotopic (exact) mass is 291 g/mol. The summed E-state index contributed by atoms with van der Waals surface area (Å²) >= 11 is 0. The number of pyridine rings is 1. The van der Waals surface area contributed by atoms with E-state index in [0.29, 0.717) is 13.1 Å². The Balaban J connectivity index is 1.93. The number of amides is 1. The van der Waals surface area contributed by atoms with Gasteiger partial charge >= 0.3 is 0 Å². The lowest BCUT2D eigenvalue weighted by Gasteiger charge is -2.40. The van der Waals surface area contributed by atoms with Crippen LogP contribution in [-0.4, -0.2) is 47.1 Å². The second kappa shape index (κ2) is 7.52. The molecular formula is C16H25N3O2. The molecule has 1 atom stereocenters. The molecule has 1 aliphatic heterocycles. The van der Waals surface area contributed by atoms with Crippen molar-refractivity contribution in [3.8, 4) is 0 Å².